The van der Waals surface area contributed by atoms with Crippen molar-refractivity contribution in [1.29, 1.82) is 5.41 Å². The van der Waals surface area contributed by atoms with E-state index < -0.39 is 5.82 Å². The lowest BCUT2D eigenvalue weighted by atomic mass is 10.1. The largest absolute Gasteiger partial charge is 0.506 e. The summed E-state index contributed by atoms with van der Waals surface area (Å²) in [7, 11) is 0. The van der Waals surface area contributed by atoms with Crippen LogP contribution in [0.15, 0.2) is 63.8 Å². The predicted octanol–water partition coefficient (Wildman–Crippen LogP) is 3.77. The van der Waals surface area contributed by atoms with Crippen molar-refractivity contribution in [2.24, 2.45) is 4.99 Å². The Kier molecular flexibility index (Phi) is 6.65. The quantitative estimate of drug-likeness (QED) is 0.599. The molecule has 8 nitrogen and oxygen atoms in total. The number of hydrogen-bond donors (Lipinski definition) is 3. The van der Waals surface area contributed by atoms with Crippen LogP contribution in [-0.2, 0) is 6.42 Å². The van der Waals surface area contributed by atoms with E-state index in [2.05, 4.69) is 15.3 Å². The van der Waals surface area contributed by atoms with Crippen LogP contribution in [0, 0.1) is 11.2 Å². The van der Waals surface area contributed by atoms with E-state index in [1.54, 1.807) is 19.2 Å². The number of likely N-dealkylation sites (tertiary alicyclic amines) is 1. The van der Waals surface area contributed by atoms with Gasteiger partial charge < -0.3 is 25.5 Å². The summed E-state index contributed by atoms with van der Waals surface area (Å²) in [6.07, 6.45) is 3.33. The molecule has 1 aromatic carbocycles. The summed E-state index contributed by atoms with van der Waals surface area (Å²) >= 11 is 6.19. The lowest BCUT2D eigenvalue weighted by Crippen LogP contribution is -2.29. The number of pyridine rings is 1. The van der Waals surface area contributed by atoms with Crippen molar-refractivity contribution in [2.75, 3.05) is 19.7 Å². The van der Waals surface area contributed by atoms with E-state index >= 15 is 0 Å². The van der Waals surface area contributed by atoms with Crippen LogP contribution >= 0.6 is 11.6 Å². The molecule has 3 heterocycles. The number of nitrogens with zero attached hydrogens (tertiary/aromatic N) is 3. The van der Waals surface area contributed by atoms with Crippen molar-refractivity contribution in [3.8, 4) is 11.5 Å². The zero-order valence-electron chi connectivity index (χ0n) is 18.7. The molecule has 0 saturated carbocycles. The Morgan fingerprint density at radius 1 is 1.29 bits per heavy atom. The Bertz CT molecular complexity index is 1270. The van der Waals surface area contributed by atoms with E-state index in [4.69, 9.17) is 21.7 Å². The molecule has 176 valence electrons. The summed E-state index contributed by atoms with van der Waals surface area (Å²) in [5, 5.41) is 21.6. The minimum absolute atomic E-state index is 0.0421. The van der Waals surface area contributed by atoms with Crippen LogP contribution in [0.1, 0.15) is 29.8 Å². The van der Waals surface area contributed by atoms with Gasteiger partial charge in [-0.25, -0.2) is 9.38 Å². The fourth-order valence-corrected chi connectivity index (χ4v) is 3.82. The number of benzene rings is 1. The van der Waals surface area contributed by atoms with Crippen LogP contribution in [0.5, 0.6) is 11.5 Å². The maximum atomic E-state index is 13.9. The molecule has 3 N–H and O–H groups in total. The zero-order chi connectivity index (χ0) is 24.4. The van der Waals surface area contributed by atoms with Gasteiger partial charge in [0.15, 0.2) is 0 Å². The summed E-state index contributed by atoms with van der Waals surface area (Å²) in [5.41, 5.74) is 3.16. The smallest absolute Gasteiger partial charge is 0.258 e. The molecule has 0 unspecified atom stereocenters. The van der Waals surface area contributed by atoms with Gasteiger partial charge in [0, 0.05) is 30.0 Å². The third kappa shape index (κ3) is 4.94. The molecule has 0 spiro atoms. The van der Waals surface area contributed by atoms with Crippen molar-refractivity contribution in [3.63, 3.8) is 0 Å². The number of rotatable bonds is 5. The van der Waals surface area contributed by atoms with Crippen LogP contribution in [-0.4, -0.2) is 52.0 Å². The molecule has 4 rings (SSSR count). The monoisotopic (exact) mass is 483 g/mol. The van der Waals surface area contributed by atoms with Crippen molar-refractivity contribution in [2.45, 2.75) is 20.3 Å². The number of carbonyl (C=O) groups is 1. The number of aromatic hydroxyl groups is 1. The number of hydrogen-bond acceptors (Lipinski definition) is 7. The fourth-order valence-electron chi connectivity index (χ4n) is 3.73. The van der Waals surface area contributed by atoms with Gasteiger partial charge in [-0.3, -0.25) is 9.78 Å². The number of aliphatic imine (C=N–C) groups is 1. The molecule has 2 aromatic rings. The highest BCUT2D eigenvalue weighted by atomic mass is 35.5. The van der Waals surface area contributed by atoms with Crippen LogP contribution in [0.4, 0.5) is 4.39 Å². The van der Waals surface area contributed by atoms with E-state index in [0.29, 0.717) is 28.6 Å². The number of nitrogens with one attached hydrogen (secondary N) is 2. The molecule has 10 heteroatoms. The standard InChI is InChI=1S/C24H23ClFN5O3/c1-13-22(25)14(2)30-23(29-13)19-11-31(12-20(19)27)24(33)18-4-3-16(26)8-21(18)34-6-5-15-7-17(32)10-28-9-15/h3-4,7-10,27,29,32H,5-6,11-12H2,1-2H3/b23-19+,27-20?. The summed E-state index contributed by atoms with van der Waals surface area (Å²) in [6.45, 7) is 4.02. The minimum Gasteiger partial charge on any atom is -0.506 e. The highest BCUT2D eigenvalue weighted by molar-refractivity contribution is 6.43. The first-order chi connectivity index (χ1) is 16.2. The summed E-state index contributed by atoms with van der Waals surface area (Å²) in [6, 6.07) is 5.31. The van der Waals surface area contributed by atoms with Crippen LogP contribution < -0.4 is 10.1 Å². The molecule has 1 saturated heterocycles. The Hall–Kier alpha value is -3.72. The Labute approximate surface area is 200 Å². The van der Waals surface area contributed by atoms with Crippen molar-refractivity contribution in [3.05, 3.63) is 75.7 Å². The second-order valence-corrected chi connectivity index (χ2v) is 8.40. The van der Waals surface area contributed by atoms with E-state index in [0.717, 1.165) is 11.3 Å². The highest BCUT2D eigenvalue weighted by Crippen LogP contribution is 2.27. The molecule has 0 bridgehead atoms. The van der Waals surface area contributed by atoms with Gasteiger partial charge in [0.1, 0.15) is 23.1 Å². The molecule has 2 aliphatic heterocycles. The van der Waals surface area contributed by atoms with Gasteiger partial charge in [-0.2, -0.15) is 0 Å². The number of halogens is 2. The number of amides is 1. The molecule has 1 aromatic heterocycles. The molecule has 34 heavy (non-hydrogen) atoms. The van der Waals surface area contributed by atoms with Crippen LogP contribution in [0.2, 0.25) is 0 Å². The Balaban J connectivity index is 1.51. The molecular weight excluding hydrogens is 461 g/mol. The maximum absolute atomic E-state index is 13.9. The molecule has 2 aliphatic rings. The van der Waals surface area contributed by atoms with E-state index in [-0.39, 0.29) is 48.4 Å². The molecule has 0 atom stereocenters. The van der Waals surface area contributed by atoms with Gasteiger partial charge >= 0.3 is 0 Å². The van der Waals surface area contributed by atoms with E-state index in [9.17, 15) is 14.3 Å². The molecule has 0 aliphatic carbocycles. The lowest BCUT2D eigenvalue weighted by molar-refractivity contribution is 0.0799. The van der Waals surface area contributed by atoms with Crippen LogP contribution in [0.25, 0.3) is 0 Å². The molecule has 1 amide bonds. The number of carbonyl (C=O) groups excluding carboxylic acids is 1. The van der Waals surface area contributed by atoms with Crippen molar-refractivity contribution >= 4 is 28.9 Å². The summed E-state index contributed by atoms with van der Waals surface area (Å²) in [5.74, 6) is -0.259. The second-order valence-electron chi connectivity index (χ2n) is 8.02. The molecule has 0 radical (unpaired) electrons. The third-order valence-electron chi connectivity index (χ3n) is 5.47. The molecule has 1 fully saturated rings. The average molecular weight is 484 g/mol. The van der Waals surface area contributed by atoms with Crippen molar-refractivity contribution < 1.29 is 19.0 Å². The SMILES string of the molecule is CC1=N/C(=C2\CN(C(=O)c3ccc(F)cc3OCCc3cncc(O)c3)CC2=N)NC(C)=C1Cl. The normalized spacial score (nSPS) is 18.2. The van der Waals surface area contributed by atoms with Gasteiger partial charge in [0.2, 0.25) is 0 Å². The van der Waals surface area contributed by atoms with Gasteiger partial charge in [0.05, 0.1) is 47.9 Å². The third-order valence-corrected chi connectivity index (χ3v) is 6.03. The average Bonchev–Trinajstić information content (AvgIpc) is 3.18. The Morgan fingerprint density at radius 2 is 2.09 bits per heavy atom. The maximum Gasteiger partial charge on any atom is 0.258 e. The van der Waals surface area contributed by atoms with Gasteiger partial charge in [-0.1, -0.05) is 11.6 Å². The number of ether oxygens (including phenoxy) is 1. The first-order valence-electron chi connectivity index (χ1n) is 10.6. The first kappa shape index (κ1) is 23.4. The first-order valence-corrected chi connectivity index (χ1v) is 10.9. The topological polar surface area (TPSA) is 111 Å². The van der Waals surface area contributed by atoms with Gasteiger partial charge in [-0.05, 0) is 37.6 Å². The van der Waals surface area contributed by atoms with E-state index in [1.165, 1.54) is 29.3 Å². The fraction of sp³-hybridized carbons (Fsp3) is 0.250. The van der Waals surface area contributed by atoms with Gasteiger partial charge in [-0.15, -0.1) is 0 Å². The number of aromatic nitrogens is 1. The predicted molar refractivity (Wildman–Crippen MR) is 127 cm³/mol. The summed E-state index contributed by atoms with van der Waals surface area (Å²) in [4.78, 5) is 23.1. The number of allylic oxidation sites excluding steroid dienone is 2. The minimum atomic E-state index is -0.530. The lowest BCUT2D eigenvalue weighted by Gasteiger charge is -2.19. The van der Waals surface area contributed by atoms with E-state index in [1.807, 2.05) is 6.92 Å². The van der Waals surface area contributed by atoms with Gasteiger partial charge in [0.25, 0.3) is 5.91 Å². The van der Waals surface area contributed by atoms with Crippen LogP contribution in [0.3, 0.4) is 0 Å². The Morgan fingerprint density at radius 3 is 2.82 bits per heavy atom. The zero-order valence-corrected chi connectivity index (χ0v) is 19.4. The summed E-state index contributed by atoms with van der Waals surface area (Å²) < 4.78 is 19.7. The highest BCUT2D eigenvalue weighted by Gasteiger charge is 2.32. The second kappa shape index (κ2) is 9.64. The molecular formula is C24H23ClFN5O3. The van der Waals surface area contributed by atoms with Crippen molar-refractivity contribution in [1.82, 2.24) is 15.2 Å².